The van der Waals surface area contributed by atoms with Crippen molar-refractivity contribution in [1.82, 2.24) is 4.98 Å². The molecule has 0 saturated heterocycles. The molecule has 1 aliphatic rings. The summed E-state index contributed by atoms with van der Waals surface area (Å²) in [6.45, 7) is 0. The first-order valence-corrected chi connectivity index (χ1v) is 7.50. The van der Waals surface area contributed by atoms with Gasteiger partial charge in [0, 0.05) is 22.8 Å². The van der Waals surface area contributed by atoms with E-state index in [4.69, 9.17) is 0 Å². The molecule has 23 heavy (non-hydrogen) atoms. The van der Waals surface area contributed by atoms with E-state index in [2.05, 4.69) is 10.3 Å². The number of amides is 1. The maximum atomic E-state index is 12.7. The van der Waals surface area contributed by atoms with Gasteiger partial charge in [0.1, 0.15) is 0 Å². The largest absolute Gasteiger partial charge is 0.504 e. The molecule has 0 spiro atoms. The fourth-order valence-electron chi connectivity index (χ4n) is 2.97. The Morgan fingerprint density at radius 3 is 2.61 bits per heavy atom. The molecule has 1 amide bonds. The molecule has 0 unspecified atom stereocenters. The van der Waals surface area contributed by atoms with Crippen molar-refractivity contribution in [3.8, 4) is 11.5 Å². The number of hydrogen-bond donors (Lipinski definition) is 4. The quantitative estimate of drug-likeness (QED) is 0.560. The lowest BCUT2D eigenvalue weighted by molar-refractivity contribution is -0.118. The molecule has 4 N–H and O–H groups in total. The van der Waals surface area contributed by atoms with E-state index in [0.717, 1.165) is 35.0 Å². The van der Waals surface area contributed by atoms with Crippen molar-refractivity contribution in [2.45, 2.75) is 18.3 Å². The number of aromatic nitrogens is 1. The molecular formula is C18H16N2O3. The number of carbonyl (C=O) groups is 1. The predicted octanol–water partition coefficient (Wildman–Crippen LogP) is 3.25. The molecule has 4 rings (SSSR count). The maximum Gasteiger partial charge on any atom is 0.235 e. The first-order chi connectivity index (χ1) is 11.1. The molecule has 1 heterocycles. The minimum Gasteiger partial charge on any atom is -0.504 e. The van der Waals surface area contributed by atoms with Crippen LogP contribution in [0.1, 0.15) is 18.4 Å². The zero-order valence-electron chi connectivity index (χ0n) is 12.3. The molecule has 0 atom stereocenters. The number of H-pyrrole nitrogens is 1. The van der Waals surface area contributed by atoms with Crippen LogP contribution in [0.4, 0.5) is 5.69 Å². The van der Waals surface area contributed by atoms with Gasteiger partial charge in [0.15, 0.2) is 11.5 Å². The molecule has 1 saturated carbocycles. The van der Waals surface area contributed by atoms with Gasteiger partial charge >= 0.3 is 0 Å². The summed E-state index contributed by atoms with van der Waals surface area (Å²) in [5, 5.41) is 23.1. The number of phenolic OH excluding ortho intramolecular Hbond substituents is 2. The van der Waals surface area contributed by atoms with E-state index < -0.39 is 5.41 Å². The van der Waals surface area contributed by atoms with Gasteiger partial charge in [-0.05, 0) is 54.8 Å². The van der Waals surface area contributed by atoms with E-state index in [0.29, 0.717) is 0 Å². The summed E-state index contributed by atoms with van der Waals surface area (Å²) in [7, 11) is 0. The Hall–Kier alpha value is -2.95. The molecule has 0 radical (unpaired) electrons. The monoisotopic (exact) mass is 308 g/mol. The van der Waals surface area contributed by atoms with Gasteiger partial charge in [0.25, 0.3) is 0 Å². The summed E-state index contributed by atoms with van der Waals surface area (Å²) >= 11 is 0. The second kappa shape index (κ2) is 4.78. The average molecular weight is 308 g/mol. The highest BCUT2D eigenvalue weighted by Gasteiger charge is 2.51. The number of carbonyl (C=O) groups excluding carboxylic acids is 1. The smallest absolute Gasteiger partial charge is 0.235 e. The van der Waals surface area contributed by atoms with E-state index >= 15 is 0 Å². The Morgan fingerprint density at radius 2 is 1.87 bits per heavy atom. The molecule has 5 nitrogen and oxygen atoms in total. The van der Waals surface area contributed by atoms with Gasteiger partial charge in [-0.15, -0.1) is 0 Å². The van der Waals surface area contributed by atoms with Crippen LogP contribution >= 0.6 is 0 Å². The number of phenols is 2. The standard InChI is InChI=1S/C18H16N2O3/c21-15-4-1-12(10-16(15)22)18(6-7-18)17(23)20-13-2-3-14-11(9-13)5-8-19-14/h1-5,8-10,19,21-22H,6-7H2,(H,20,23). The molecule has 0 aliphatic heterocycles. The van der Waals surface area contributed by atoms with Crippen molar-refractivity contribution in [2.24, 2.45) is 0 Å². The van der Waals surface area contributed by atoms with Crippen molar-refractivity contribution < 1.29 is 15.0 Å². The van der Waals surface area contributed by atoms with E-state index in [-0.39, 0.29) is 17.4 Å². The number of benzene rings is 2. The van der Waals surface area contributed by atoms with Crippen LogP contribution in [0.5, 0.6) is 11.5 Å². The van der Waals surface area contributed by atoms with Gasteiger partial charge < -0.3 is 20.5 Å². The van der Waals surface area contributed by atoms with Gasteiger partial charge in [-0.1, -0.05) is 6.07 Å². The first-order valence-electron chi connectivity index (χ1n) is 7.50. The Morgan fingerprint density at radius 1 is 1.04 bits per heavy atom. The minimum atomic E-state index is -0.613. The van der Waals surface area contributed by atoms with Crippen LogP contribution in [0.3, 0.4) is 0 Å². The molecule has 1 aliphatic carbocycles. The fourth-order valence-corrected chi connectivity index (χ4v) is 2.97. The van der Waals surface area contributed by atoms with Gasteiger partial charge in [-0.25, -0.2) is 0 Å². The van der Waals surface area contributed by atoms with Crippen LogP contribution in [0, 0.1) is 0 Å². The van der Waals surface area contributed by atoms with Crippen LogP contribution in [0.25, 0.3) is 10.9 Å². The minimum absolute atomic E-state index is 0.0857. The summed E-state index contributed by atoms with van der Waals surface area (Å²) in [5.74, 6) is -0.462. The van der Waals surface area contributed by atoms with E-state index in [1.807, 2.05) is 30.5 Å². The fraction of sp³-hybridized carbons (Fsp3) is 0.167. The predicted molar refractivity (Wildman–Crippen MR) is 87.6 cm³/mol. The number of aromatic amines is 1. The van der Waals surface area contributed by atoms with Crippen LogP contribution in [-0.2, 0) is 10.2 Å². The third kappa shape index (κ3) is 2.21. The normalized spacial score (nSPS) is 15.5. The number of anilines is 1. The lowest BCUT2D eigenvalue weighted by Gasteiger charge is -2.16. The highest BCUT2D eigenvalue weighted by atomic mass is 16.3. The number of nitrogens with one attached hydrogen (secondary N) is 2. The molecule has 5 heteroatoms. The summed E-state index contributed by atoms with van der Waals surface area (Å²) in [4.78, 5) is 15.8. The molecule has 1 fully saturated rings. The molecule has 3 aromatic rings. The maximum absolute atomic E-state index is 12.7. The lowest BCUT2D eigenvalue weighted by Crippen LogP contribution is -2.27. The third-order valence-electron chi connectivity index (χ3n) is 4.52. The van der Waals surface area contributed by atoms with Crippen molar-refractivity contribution >= 4 is 22.5 Å². The van der Waals surface area contributed by atoms with Crippen LogP contribution in [0.15, 0.2) is 48.7 Å². The van der Waals surface area contributed by atoms with Crippen LogP contribution < -0.4 is 5.32 Å². The Bertz CT molecular complexity index is 910. The Balaban J connectivity index is 1.61. The summed E-state index contributed by atoms with van der Waals surface area (Å²) in [5.41, 5.74) is 1.88. The summed E-state index contributed by atoms with van der Waals surface area (Å²) in [6, 6.07) is 12.3. The number of hydrogen-bond acceptors (Lipinski definition) is 3. The number of rotatable bonds is 3. The zero-order chi connectivity index (χ0) is 16.0. The van der Waals surface area contributed by atoms with Crippen LogP contribution in [0.2, 0.25) is 0 Å². The van der Waals surface area contributed by atoms with Crippen molar-refractivity contribution in [2.75, 3.05) is 5.32 Å². The van der Waals surface area contributed by atoms with Crippen molar-refractivity contribution in [3.63, 3.8) is 0 Å². The molecule has 116 valence electrons. The third-order valence-corrected chi connectivity index (χ3v) is 4.52. The van der Waals surface area contributed by atoms with E-state index in [1.54, 1.807) is 6.07 Å². The van der Waals surface area contributed by atoms with Crippen LogP contribution in [-0.4, -0.2) is 21.1 Å². The Labute approximate surface area is 132 Å². The first kappa shape index (κ1) is 13.7. The topological polar surface area (TPSA) is 85.4 Å². The molecule has 2 aromatic carbocycles. The summed E-state index contributed by atoms with van der Waals surface area (Å²) < 4.78 is 0. The van der Waals surface area contributed by atoms with Crippen molar-refractivity contribution in [3.05, 3.63) is 54.2 Å². The van der Waals surface area contributed by atoms with Gasteiger partial charge in [0.05, 0.1) is 5.41 Å². The van der Waals surface area contributed by atoms with Crippen molar-refractivity contribution in [1.29, 1.82) is 0 Å². The Kier molecular flexibility index (Phi) is 2.84. The van der Waals surface area contributed by atoms with Gasteiger partial charge in [-0.3, -0.25) is 4.79 Å². The zero-order valence-corrected chi connectivity index (χ0v) is 12.3. The molecule has 0 bridgehead atoms. The van der Waals surface area contributed by atoms with E-state index in [1.165, 1.54) is 12.1 Å². The highest BCUT2D eigenvalue weighted by molar-refractivity contribution is 6.02. The number of fused-ring (bicyclic) bond motifs is 1. The second-order valence-electron chi connectivity index (χ2n) is 6.02. The lowest BCUT2D eigenvalue weighted by atomic mass is 9.94. The molecule has 1 aromatic heterocycles. The van der Waals surface area contributed by atoms with Gasteiger partial charge in [-0.2, -0.15) is 0 Å². The highest BCUT2D eigenvalue weighted by Crippen LogP contribution is 2.50. The van der Waals surface area contributed by atoms with Gasteiger partial charge in [0.2, 0.25) is 5.91 Å². The SMILES string of the molecule is O=C(Nc1ccc2[nH]ccc2c1)C1(c2ccc(O)c(O)c2)CC1. The number of aromatic hydroxyl groups is 2. The second-order valence-corrected chi connectivity index (χ2v) is 6.02. The van der Waals surface area contributed by atoms with E-state index in [9.17, 15) is 15.0 Å². The summed E-state index contributed by atoms with van der Waals surface area (Å²) in [6.07, 6.45) is 3.32. The average Bonchev–Trinajstić information content (AvgIpc) is 3.22. The molecular weight excluding hydrogens is 292 g/mol.